The highest BCUT2D eigenvalue weighted by Gasteiger charge is 2.36. The zero-order valence-electron chi connectivity index (χ0n) is 12.2. The smallest absolute Gasteiger partial charge is 0.219 e. The minimum Gasteiger partial charge on any atom is -0.342 e. The second-order valence-electron chi connectivity index (χ2n) is 5.86. The molecule has 6 heteroatoms. The summed E-state index contributed by atoms with van der Waals surface area (Å²) in [7, 11) is 0. The van der Waals surface area contributed by atoms with Gasteiger partial charge in [-0.05, 0) is 48.8 Å². The average molecular weight is 326 g/mol. The van der Waals surface area contributed by atoms with Crippen LogP contribution >= 0.6 is 23.5 Å². The minimum atomic E-state index is 0.217. The number of carbonyl (C=O) groups excluding carboxylic acids is 1. The van der Waals surface area contributed by atoms with E-state index >= 15 is 0 Å². The van der Waals surface area contributed by atoms with Crippen molar-refractivity contribution >= 4 is 29.5 Å². The van der Waals surface area contributed by atoms with Gasteiger partial charge < -0.3 is 4.90 Å². The Morgan fingerprint density at radius 1 is 1.29 bits per heavy atom. The molecule has 0 aliphatic carbocycles. The molecule has 2 saturated heterocycles. The molecular weight excluding hydrogens is 306 g/mol. The molecule has 0 spiro atoms. The Morgan fingerprint density at radius 2 is 2.00 bits per heavy atom. The molecule has 0 radical (unpaired) electrons. The Hall–Kier alpha value is -0.780. The van der Waals surface area contributed by atoms with Crippen molar-refractivity contribution in [3.05, 3.63) is 23.5 Å². The number of amides is 1. The fourth-order valence-electron chi connectivity index (χ4n) is 3.07. The van der Waals surface area contributed by atoms with Crippen LogP contribution < -0.4 is 0 Å². The Bertz CT molecular complexity index is 496. The number of likely N-dealkylation sites (tertiary alicyclic amines) is 1. The predicted octanol–water partition coefficient (Wildman–Crippen LogP) is 2.93. The largest absolute Gasteiger partial charge is 0.342 e. The normalized spacial score (nSPS) is 21.3. The first-order valence-electron chi connectivity index (χ1n) is 7.42. The van der Waals surface area contributed by atoms with Crippen LogP contribution in [0.5, 0.6) is 0 Å². The number of nitrogens with zero attached hydrogens (tertiary/aromatic N) is 3. The summed E-state index contributed by atoms with van der Waals surface area (Å²) >= 11 is 7.57. The van der Waals surface area contributed by atoms with E-state index in [1.807, 2.05) is 23.2 Å². The lowest BCUT2D eigenvalue weighted by molar-refractivity contribution is -0.136. The first-order chi connectivity index (χ1) is 10.1. The standard InChI is InChI=1S/C15H20ClN3OS/c1-11(20)18-9-13(10-18)12-4-6-19(7-5-12)21-14-2-3-15(16)17-8-14/h2-3,8,12-13H,4-7,9-10H2,1H3. The number of aromatic nitrogens is 1. The molecule has 0 saturated carbocycles. The highest BCUT2D eigenvalue weighted by Crippen LogP contribution is 2.35. The van der Waals surface area contributed by atoms with E-state index in [2.05, 4.69) is 9.29 Å². The van der Waals surface area contributed by atoms with E-state index in [0.29, 0.717) is 5.15 Å². The molecule has 2 aliphatic rings. The Kier molecular flexibility index (Phi) is 4.72. The van der Waals surface area contributed by atoms with Gasteiger partial charge in [0.25, 0.3) is 0 Å². The molecule has 0 aromatic carbocycles. The molecular formula is C15H20ClN3OS. The molecule has 0 N–H and O–H groups in total. The molecule has 3 rings (SSSR count). The van der Waals surface area contributed by atoms with Crippen LogP contribution in [0.4, 0.5) is 0 Å². The summed E-state index contributed by atoms with van der Waals surface area (Å²) in [6.07, 6.45) is 4.28. The molecule has 0 atom stereocenters. The number of hydrogen-bond donors (Lipinski definition) is 0. The zero-order chi connectivity index (χ0) is 14.8. The molecule has 21 heavy (non-hydrogen) atoms. The maximum atomic E-state index is 11.2. The van der Waals surface area contributed by atoms with Gasteiger partial charge in [-0.25, -0.2) is 9.29 Å². The highest BCUT2D eigenvalue weighted by atomic mass is 35.5. The predicted molar refractivity (Wildman–Crippen MR) is 85.1 cm³/mol. The van der Waals surface area contributed by atoms with E-state index in [0.717, 1.165) is 42.9 Å². The topological polar surface area (TPSA) is 36.4 Å². The van der Waals surface area contributed by atoms with E-state index < -0.39 is 0 Å². The molecule has 1 aromatic rings. The fraction of sp³-hybridized carbons (Fsp3) is 0.600. The van der Waals surface area contributed by atoms with Crippen LogP contribution in [0.1, 0.15) is 19.8 Å². The summed E-state index contributed by atoms with van der Waals surface area (Å²) in [6, 6.07) is 3.85. The minimum absolute atomic E-state index is 0.217. The molecule has 1 amide bonds. The van der Waals surface area contributed by atoms with Gasteiger partial charge in [-0.2, -0.15) is 0 Å². The lowest BCUT2D eigenvalue weighted by Crippen LogP contribution is -2.53. The number of carbonyl (C=O) groups is 1. The van der Waals surface area contributed by atoms with Crippen molar-refractivity contribution in [3.63, 3.8) is 0 Å². The zero-order valence-corrected chi connectivity index (χ0v) is 13.7. The molecule has 0 bridgehead atoms. The van der Waals surface area contributed by atoms with Crippen LogP contribution in [0.2, 0.25) is 5.15 Å². The van der Waals surface area contributed by atoms with E-state index in [1.54, 1.807) is 18.9 Å². The highest BCUT2D eigenvalue weighted by molar-refractivity contribution is 7.97. The van der Waals surface area contributed by atoms with Crippen LogP contribution in [0.25, 0.3) is 0 Å². The molecule has 114 valence electrons. The van der Waals surface area contributed by atoms with E-state index in [4.69, 9.17) is 11.6 Å². The summed E-state index contributed by atoms with van der Waals surface area (Å²) in [5.41, 5.74) is 0. The monoisotopic (exact) mass is 325 g/mol. The number of halogens is 1. The summed E-state index contributed by atoms with van der Waals surface area (Å²) < 4.78 is 2.41. The van der Waals surface area contributed by atoms with E-state index in [9.17, 15) is 4.79 Å². The van der Waals surface area contributed by atoms with Crippen molar-refractivity contribution in [2.45, 2.75) is 24.7 Å². The van der Waals surface area contributed by atoms with Crippen molar-refractivity contribution < 1.29 is 4.79 Å². The van der Waals surface area contributed by atoms with Crippen LogP contribution in [-0.4, -0.2) is 46.3 Å². The van der Waals surface area contributed by atoms with Gasteiger partial charge in [-0.15, -0.1) is 0 Å². The van der Waals surface area contributed by atoms with Gasteiger partial charge in [-0.1, -0.05) is 11.6 Å². The van der Waals surface area contributed by atoms with Gasteiger partial charge in [0.2, 0.25) is 5.91 Å². The van der Waals surface area contributed by atoms with Crippen molar-refractivity contribution in [3.8, 4) is 0 Å². The van der Waals surface area contributed by atoms with Crippen molar-refractivity contribution in [1.82, 2.24) is 14.2 Å². The lowest BCUT2D eigenvalue weighted by atomic mass is 9.80. The van der Waals surface area contributed by atoms with Crippen LogP contribution in [0.15, 0.2) is 23.2 Å². The Morgan fingerprint density at radius 3 is 2.57 bits per heavy atom. The van der Waals surface area contributed by atoms with E-state index in [-0.39, 0.29) is 5.91 Å². The van der Waals surface area contributed by atoms with Crippen molar-refractivity contribution in [1.29, 1.82) is 0 Å². The Balaban J connectivity index is 1.43. The summed E-state index contributed by atoms with van der Waals surface area (Å²) in [6.45, 7) is 5.81. The number of pyridine rings is 1. The molecule has 1 aromatic heterocycles. The maximum absolute atomic E-state index is 11.2. The molecule has 2 aliphatic heterocycles. The quantitative estimate of drug-likeness (QED) is 0.632. The van der Waals surface area contributed by atoms with Crippen molar-refractivity contribution in [2.75, 3.05) is 26.2 Å². The summed E-state index contributed by atoms with van der Waals surface area (Å²) in [5.74, 6) is 1.72. The third-order valence-corrected chi connectivity index (χ3v) is 5.75. The van der Waals surface area contributed by atoms with Gasteiger partial charge in [0.1, 0.15) is 5.15 Å². The average Bonchev–Trinajstić information content (AvgIpc) is 2.41. The second kappa shape index (κ2) is 6.55. The van der Waals surface area contributed by atoms with Gasteiger partial charge in [0.15, 0.2) is 0 Å². The van der Waals surface area contributed by atoms with Crippen molar-refractivity contribution in [2.24, 2.45) is 11.8 Å². The molecule has 4 nitrogen and oxygen atoms in total. The third kappa shape index (κ3) is 3.71. The fourth-order valence-corrected chi connectivity index (χ4v) is 4.10. The summed E-state index contributed by atoms with van der Waals surface area (Å²) in [5, 5.41) is 0.540. The first-order valence-corrected chi connectivity index (χ1v) is 8.57. The lowest BCUT2D eigenvalue weighted by Gasteiger charge is -2.45. The molecule has 0 unspecified atom stereocenters. The maximum Gasteiger partial charge on any atom is 0.219 e. The summed E-state index contributed by atoms with van der Waals surface area (Å²) in [4.78, 5) is 18.4. The van der Waals surface area contributed by atoms with Gasteiger partial charge in [0.05, 0.1) is 0 Å². The number of piperidine rings is 1. The van der Waals surface area contributed by atoms with Crippen LogP contribution in [0.3, 0.4) is 0 Å². The first kappa shape index (κ1) is 15.1. The van der Waals surface area contributed by atoms with Gasteiger partial charge in [-0.3, -0.25) is 4.79 Å². The Labute approximate surface area is 135 Å². The van der Waals surface area contributed by atoms with Gasteiger partial charge in [0, 0.05) is 44.2 Å². The molecule has 3 heterocycles. The van der Waals surface area contributed by atoms with Crippen LogP contribution in [-0.2, 0) is 4.79 Å². The SMILES string of the molecule is CC(=O)N1CC(C2CCN(Sc3ccc(Cl)nc3)CC2)C1. The number of hydrogen-bond acceptors (Lipinski definition) is 4. The van der Waals surface area contributed by atoms with Gasteiger partial charge >= 0.3 is 0 Å². The molecule has 2 fully saturated rings. The van der Waals surface area contributed by atoms with E-state index in [1.165, 1.54) is 12.8 Å². The van der Waals surface area contributed by atoms with Crippen LogP contribution in [0, 0.1) is 11.8 Å². The third-order valence-electron chi connectivity index (χ3n) is 4.46. The second-order valence-corrected chi connectivity index (χ2v) is 7.42. The number of rotatable bonds is 3.